The van der Waals surface area contributed by atoms with E-state index in [1.165, 1.54) is 0 Å². The van der Waals surface area contributed by atoms with Crippen LogP contribution >= 0.6 is 11.6 Å². The second kappa shape index (κ2) is 9.71. The third kappa shape index (κ3) is 5.25. The van der Waals surface area contributed by atoms with E-state index < -0.39 is 0 Å². The fourth-order valence-corrected chi connectivity index (χ4v) is 3.38. The number of hydrogen-bond donors (Lipinski definition) is 1. The number of benzene rings is 2. The molecule has 1 fully saturated rings. The first-order valence-corrected chi connectivity index (χ1v) is 9.75. The molecule has 1 saturated heterocycles. The van der Waals surface area contributed by atoms with E-state index in [9.17, 15) is 4.79 Å². The second-order valence-corrected chi connectivity index (χ2v) is 7.16. The van der Waals surface area contributed by atoms with Gasteiger partial charge in [0.25, 0.3) is 0 Å². The minimum Gasteiger partial charge on any atom is -0.497 e. The fourth-order valence-electron chi connectivity index (χ4n) is 3.21. The maximum Gasteiger partial charge on any atom is 0.321 e. The van der Waals surface area contributed by atoms with Crippen LogP contribution in [0.2, 0.25) is 5.02 Å². The molecule has 1 N–H and O–H groups in total. The number of rotatable bonds is 6. The topological polar surface area (TPSA) is 63.3 Å². The largest absolute Gasteiger partial charge is 0.497 e. The monoisotopic (exact) mass is 419 g/mol. The summed E-state index contributed by atoms with van der Waals surface area (Å²) in [5.41, 5.74) is 2.49. The van der Waals surface area contributed by atoms with E-state index in [0.717, 1.165) is 24.3 Å². The van der Waals surface area contributed by atoms with Crippen molar-refractivity contribution in [1.29, 1.82) is 0 Å². The van der Waals surface area contributed by atoms with E-state index in [1.807, 2.05) is 24.3 Å². The zero-order chi connectivity index (χ0) is 20.8. The molecule has 7 nitrogen and oxygen atoms in total. The van der Waals surface area contributed by atoms with Crippen molar-refractivity contribution in [1.82, 2.24) is 4.90 Å². The highest BCUT2D eigenvalue weighted by Crippen LogP contribution is 2.30. The van der Waals surface area contributed by atoms with Crippen LogP contribution < -0.4 is 19.7 Å². The Balaban J connectivity index is 1.74. The Bertz CT molecular complexity index is 856. The number of morpholine rings is 1. The predicted molar refractivity (Wildman–Crippen MR) is 115 cm³/mol. The van der Waals surface area contributed by atoms with Crippen LogP contribution in [-0.2, 0) is 11.3 Å². The number of halogens is 1. The van der Waals surface area contributed by atoms with Gasteiger partial charge in [-0.25, -0.2) is 4.79 Å². The van der Waals surface area contributed by atoms with E-state index in [0.29, 0.717) is 42.0 Å². The zero-order valence-electron chi connectivity index (χ0n) is 16.9. The molecule has 29 heavy (non-hydrogen) atoms. The number of methoxy groups -OCH3 is 2. The lowest BCUT2D eigenvalue weighted by atomic mass is 10.2. The van der Waals surface area contributed by atoms with Gasteiger partial charge < -0.3 is 29.3 Å². The molecule has 2 aromatic carbocycles. The van der Waals surface area contributed by atoms with Gasteiger partial charge in [0, 0.05) is 36.8 Å². The quantitative estimate of drug-likeness (QED) is 0.770. The molecule has 1 aliphatic heterocycles. The molecule has 2 aromatic rings. The summed E-state index contributed by atoms with van der Waals surface area (Å²) in [7, 11) is 4.93. The normalized spacial score (nSPS) is 13.7. The maximum absolute atomic E-state index is 12.8. The molecule has 0 unspecified atom stereocenters. The molecule has 1 heterocycles. The van der Waals surface area contributed by atoms with Crippen LogP contribution in [0.1, 0.15) is 5.56 Å². The van der Waals surface area contributed by atoms with Gasteiger partial charge in [0.2, 0.25) is 0 Å². The van der Waals surface area contributed by atoms with E-state index >= 15 is 0 Å². The van der Waals surface area contributed by atoms with Crippen molar-refractivity contribution in [3.63, 3.8) is 0 Å². The van der Waals surface area contributed by atoms with Gasteiger partial charge in [-0.1, -0.05) is 11.6 Å². The number of carbonyl (C=O) groups excluding carboxylic acids is 1. The molecule has 8 heteroatoms. The highest BCUT2D eigenvalue weighted by Gasteiger charge is 2.19. The van der Waals surface area contributed by atoms with Gasteiger partial charge in [-0.15, -0.1) is 0 Å². The first-order chi connectivity index (χ1) is 14.0. The minimum atomic E-state index is -0.236. The molecule has 156 valence electrons. The predicted octanol–water partition coefficient (Wildman–Crippen LogP) is 3.86. The molecule has 0 saturated carbocycles. The Morgan fingerprint density at radius 2 is 1.93 bits per heavy atom. The molecule has 1 aliphatic rings. The van der Waals surface area contributed by atoms with Gasteiger partial charge in [-0.3, -0.25) is 0 Å². The lowest BCUT2D eigenvalue weighted by molar-refractivity contribution is 0.123. The van der Waals surface area contributed by atoms with E-state index in [-0.39, 0.29) is 6.03 Å². The number of nitrogens with one attached hydrogen (secondary N) is 1. The molecule has 0 aliphatic carbocycles. The Kier molecular flexibility index (Phi) is 7.06. The molecule has 0 radical (unpaired) electrons. The van der Waals surface area contributed by atoms with Crippen LogP contribution in [0.3, 0.4) is 0 Å². The molecular weight excluding hydrogens is 394 g/mol. The van der Waals surface area contributed by atoms with Crippen LogP contribution in [0.5, 0.6) is 11.5 Å². The number of nitrogens with zero attached hydrogens (tertiary/aromatic N) is 2. The number of ether oxygens (including phenoxy) is 3. The first kappa shape index (κ1) is 21.1. The van der Waals surface area contributed by atoms with Gasteiger partial charge >= 0.3 is 6.03 Å². The zero-order valence-corrected chi connectivity index (χ0v) is 17.7. The summed E-state index contributed by atoms with van der Waals surface area (Å²) < 4.78 is 16.1. The number of hydrogen-bond acceptors (Lipinski definition) is 5. The fraction of sp³-hybridized carbons (Fsp3) is 0.381. The highest BCUT2D eigenvalue weighted by atomic mass is 35.5. The highest BCUT2D eigenvalue weighted by molar-refractivity contribution is 6.31. The SMILES string of the molecule is COc1ccc(CN(C)C(=O)Nc2cc(Cl)ccc2N2CCOCC2)c(OC)c1. The standard InChI is InChI=1S/C21H26ClN3O4/c1-24(14-15-4-6-17(27-2)13-20(15)28-3)21(26)23-18-12-16(22)5-7-19(18)25-8-10-29-11-9-25/h4-7,12-13H,8-11,14H2,1-3H3,(H,23,26). The summed E-state index contributed by atoms with van der Waals surface area (Å²) in [6.45, 7) is 3.24. The van der Waals surface area contributed by atoms with Gasteiger partial charge in [0.1, 0.15) is 11.5 Å². The van der Waals surface area contributed by atoms with Gasteiger partial charge in [-0.05, 0) is 30.3 Å². The van der Waals surface area contributed by atoms with Crippen molar-refractivity contribution >= 4 is 29.0 Å². The number of anilines is 2. The van der Waals surface area contributed by atoms with E-state index in [4.69, 9.17) is 25.8 Å². The maximum atomic E-state index is 12.8. The average molecular weight is 420 g/mol. The van der Waals surface area contributed by atoms with Crippen molar-refractivity contribution in [3.05, 3.63) is 47.0 Å². The third-order valence-electron chi connectivity index (χ3n) is 4.80. The number of urea groups is 1. The summed E-state index contributed by atoms with van der Waals surface area (Å²) in [6, 6.07) is 10.8. The Hall–Kier alpha value is -2.64. The van der Waals surface area contributed by atoms with Crippen molar-refractivity contribution in [2.75, 3.05) is 57.8 Å². The van der Waals surface area contributed by atoms with Crippen molar-refractivity contribution in [3.8, 4) is 11.5 Å². The first-order valence-electron chi connectivity index (χ1n) is 9.37. The van der Waals surface area contributed by atoms with Crippen LogP contribution in [0, 0.1) is 0 Å². The molecule has 0 aromatic heterocycles. The van der Waals surface area contributed by atoms with E-state index in [2.05, 4.69) is 10.2 Å². The smallest absolute Gasteiger partial charge is 0.321 e. The molecule has 2 amide bonds. The lowest BCUT2D eigenvalue weighted by Gasteiger charge is -2.31. The molecule has 0 atom stereocenters. The summed E-state index contributed by atoms with van der Waals surface area (Å²) in [6.07, 6.45) is 0. The average Bonchev–Trinajstić information content (AvgIpc) is 2.74. The van der Waals surface area contributed by atoms with Crippen LogP contribution in [0.4, 0.5) is 16.2 Å². The van der Waals surface area contributed by atoms with Crippen LogP contribution in [-0.4, -0.2) is 58.5 Å². The second-order valence-electron chi connectivity index (χ2n) is 6.72. The molecular formula is C21H26ClN3O4. The summed E-state index contributed by atoms with van der Waals surface area (Å²) in [4.78, 5) is 16.6. The van der Waals surface area contributed by atoms with Gasteiger partial charge in [0.15, 0.2) is 0 Å². The summed E-state index contributed by atoms with van der Waals surface area (Å²) >= 11 is 6.18. The van der Waals surface area contributed by atoms with Crippen molar-refractivity contribution in [2.45, 2.75) is 6.54 Å². The number of carbonyl (C=O) groups is 1. The van der Waals surface area contributed by atoms with Crippen LogP contribution in [0.25, 0.3) is 0 Å². The molecule has 0 spiro atoms. The van der Waals surface area contributed by atoms with Gasteiger partial charge in [-0.2, -0.15) is 0 Å². The van der Waals surface area contributed by atoms with Crippen LogP contribution in [0.15, 0.2) is 36.4 Å². The van der Waals surface area contributed by atoms with Gasteiger partial charge in [0.05, 0.1) is 45.4 Å². The number of amides is 2. The Labute approximate surface area is 176 Å². The lowest BCUT2D eigenvalue weighted by Crippen LogP contribution is -2.37. The van der Waals surface area contributed by atoms with Crippen molar-refractivity contribution in [2.24, 2.45) is 0 Å². The van der Waals surface area contributed by atoms with E-state index in [1.54, 1.807) is 38.3 Å². The van der Waals surface area contributed by atoms with Crippen molar-refractivity contribution < 1.29 is 19.0 Å². The summed E-state index contributed by atoms with van der Waals surface area (Å²) in [5, 5.41) is 3.55. The molecule has 3 rings (SSSR count). The third-order valence-corrected chi connectivity index (χ3v) is 5.04. The Morgan fingerprint density at radius 1 is 1.17 bits per heavy atom. The summed E-state index contributed by atoms with van der Waals surface area (Å²) in [5.74, 6) is 1.37. The minimum absolute atomic E-state index is 0.236. The Morgan fingerprint density at radius 3 is 2.62 bits per heavy atom. The molecule has 0 bridgehead atoms.